The van der Waals surface area contributed by atoms with Crippen molar-refractivity contribution >= 4 is 22.8 Å². The van der Waals surface area contributed by atoms with E-state index in [1.165, 1.54) is 0 Å². The first-order valence-electron chi connectivity index (χ1n) is 10.4. The number of rotatable bonds is 5. The van der Waals surface area contributed by atoms with E-state index in [1.54, 1.807) is 4.57 Å². The number of aryl methyl sites for hydroxylation is 1. The number of hydrogen-bond acceptors (Lipinski definition) is 6. The Balaban J connectivity index is 1.52. The zero-order valence-corrected chi connectivity index (χ0v) is 16.5. The summed E-state index contributed by atoms with van der Waals surface area (Å²) in [6, 6.07) is 7.65. The third-order valence-electron chi connectivity index (χ3n) is 5.77. The van der Waals surface area contributed by atoms with Crippen LogP contribution >= 0.6 is 0 Å². The SMILES string of the molecule is O=C(CCn1c(=O)c(N2CCOCC2)nc2ccccc21)NC1CCC(O)CC1. The van der Waals surface area contributed by atoms with Crippen molar-refractivity contribution in [1.82, 2.24) is 14.9 Å². The summed E-state index contributed by atoms with van der Waals surface area (Å²) in [6.07, 6.45) is 3.03. The Labute approximate surface area is 169 Å². The minimum atomic E-state index is -0.247. The smallest absolute Gasteiger partial charge is 0.294 e. The fourth-order valence-corrected chi connectivity index (χ4v) is 4.12. The molecular weight excluding hydrogens is 372 g/mol. The Morgan fingerprint density at radius 3 is 2.66 bits per heavy atom. The summed E-state index contributed by atoms with van der Waals surface area (Å²) in [7, 11) is 0. The molecule has 1 aliphatic carbocycles. The van der Waals surface area contributed by atoms with Crippen molar-refractivity contribution in [3.63, 3.8) is 0 Å². The molecule has 1 aromatic carbocycles. The van der Waals surface area contributed by atoms with Crippen molar-refractivity contribution in [3.8, 4) is 0 Å². The van der Waals surface area contributed by atoms with Crippen molar-refractivity contribution in [3.05, 3.63) is 34.6 Å². The van der Waals surface area contributed by atoms with Crippen LogP contribution in [0.5, 0.6) is 0 Å². The number of para-hydroxylation sites is 2. The molecule has 29 heavy (non-hydrogen) atoms. The summed E-state index contributed by atoms with van der Waals surface area (Å²) in [5, 5.41) is 12.7. The zero-order valence-electron chi connectivity index (χ0n) is 16.5. The van der Waals surface area contributed by atoms with Crippen LogP contribution in [0.25, 0.3) is 11.0 Å². The number of anilines is 1. The molecule has 8 nitrogen and oxygen atoms in total. The Hall–Kier alpha value is -2.45. The molecule has 2 N–H and O–H groups in total. The molecule has 0 bridgehead atoms. The van der Waals surface area contributed by atoms with Gasteiger partial charge in [-0.05, 0) is 37.8 Å². The predicted molar refractivity (Wildman–Crippen MR) is 110 cm³/mol. The van der Waals surface area contributed by atoms with Gasteiger partial charge in [0, 0.05) is 32.1 Å². The minimum Gasteiger partial charge on any atom is -0.393 e. The second-order valence-corrected chi connectivity index (χ2v) is 7.80. The average Bonchev–Trinajstić information content (AvgIpc) is 2.75. The van der Waals surface area contributed by atoms with Gasteiger partial charge in [0.05, 0.1) is 30.4 Å². The van der Waals surface area contributed by atoms with Crippen molar-refractivity contribution in [2.45, 2.75) is 50.8 Å². The molecule has 0 unspecified atom stereocenters. The molecule has 0 spiro atoms. The number of carbonyl (C=O) groups is 1. The number of aliphatic hydroxyl groups is 1. The van der Waals surface area contributed by atoms with Crippen molar-refractivity contribution in [1.29, 1.82) is 0 Å². The summed E-state index contributed by atoms with van der Waals surface area (Å²) in [5.74, 6) is 0.362. The monoisotopic (exact) mass is 400 g/mol. The first-order valence-corrected chi connectivity index (χ1v) is 10.4. The number of carbonyl (C=O) groups excluding carboxylic acids is 1. The molecule has 0 atom stereocenters. The molecule has 8 heteroatoms. The van der Waals surface area contributed by atoms with Crippen molar-refractivity contribution in [2.75, 3.05) is 31.2 Å². The van der Waals surface area contributed by atoms with Gasteiger partial charge >= 0.3 is 0 Å². The number of morpholine rings is 1. The predicted octanol–water partition coefficient (Wildman–Crippen LogP) is 1.04. The number of fused-ring (bicyclic) bond motifs is 1. The van der Waals surface area contributed by atoms with E-state index in [4.69, 9.17) is 4.74 Å². The van der Waals surface area contributed by atoms with Crippen LogP contribution in [-0.2, 0) is 16.1 Å². The summed E-state index contributed by atoms with van der Waals surface area (Å²) in [5.41, 5.74) is 1.32. The van der Waals surface area contributed by atoms with E-state index in [9.17, 15) is 14.7 Å². The number of amides is 1. The molecule has 156 valence electrons. The lowest BCUT2D eigenvalue weighted by Crippen LogP contribution is -2.42. The molecule has 1 saturated carbocycles. The number of aromatic nitrogens is 2. The average molecular weight is 400 g/mol. The number of ether oxygens (including phenoxy) is 1. The third-order valence-corrected chi connectivity index (χ3v) is 5.77. The van der Waals surface area contributed by atoms with E-state index in [1.807, 2.05) is 29.2 Å². The fourth-order valence-electron chi connectivity index (χ4n) is 4.12. The summed E-state index contributed by atoms with van der Waals surface area (Å²) < 4.78 is 7.05. The molecule has 1 aliphatic heterocycles. The lowest BCUT2D eigenvalue weighted by Gasteiger charge is -2.28. The highest BCUT2D eigenvalue weighted by atomic mass is 16.5. The molecular formula is C21H28N4O4. The van der Waals surface area contributed by atoms with Gasteiger partial charge in [-0.3, -0.25) is 9.59 Å². The molecule has 2 fully saturated rings. The van der Waals surface area contributed by atoms with Crippen LogP contribution in [0, 0.1) is 0 Å². The zero-order chi connectivity index (χ0) is 20.2. The summed E-state index contributed by atoms with van der Waals surface area (Å²) in [6.45, 7) is 2.72. The Bertz CT molecular complexity index is 915. The van der Waals surface area contributed by atoms with Gasteiger partial charge in [-0.1, -0.05) is 12.1 Å². The highest BCUT2D eigenvalue weighted by molar-refractivity contribution is 5.78. The topological polar surface area (TPSA) is 96.7 Å². The molecule has 0 radical (unpaired) electrons. The molecule has 1 saturated heterocycles. The molecule has 4 rings (SSSR count). The van der Waals surface area contributed by atoms with Crippen molar-refractivity contribution in [2.24, 2.45) is 0 Å². The van der Waals surface area contributed by atoms with Crippen LogP contribution < -0.4 is 15.8 Å². The van der Waals surface area contributed by atoms with Crippen LogP contribution in [0.1, 0.15) is 32.1 Å². The number of nitrogens with zero attached hydrogens (tertiary/aromatic N) is 3. The van der Waals surface area contributed by atoms with E-state index in [0.717, 1.165) is 36.7 Å². The quantitative estimate of drug-likeness (QED) is 0.779. The molecule has 1 amide bonds. The summed E-state index contributed by atoms with van der Waals surface area (Å²) in [4.78, 5) is 32.2. The second kappa shape index (κ2) is 8.92. The Morgan fingerprint density at radius 1 is 1.17 bits per heavy atom. The van der Waals surface area contributed by atoms with Gasteiger partial charge in [0.15, 0.2) is 5.82 Å². The first kappa shape index (κ1) is 19.8. The number of benzene rings is 1. The number of hydrogen-bond donors (Lipinski definition) is 2. The maximum Gasteiger partial charge on any atom is 0.294 e. The van der Waals surface area contributed by atoms with Crippen LogP contribution in [0.4, 0.5) is 5.82 Å². The summed E-state index contributed by atoms with van der Waals surface area (Å²) >= 11 is 0. The molecule has 2 aromatic rings. The minimum absolute atomic E-state index is 0.0629. The van der Waals surface area contributed by atoms with Crippen molar-refractivity contribution < 1.29 is 14.6 Å². The lowest BCUT2D eigenvalue weighted by atomic mass is 9.93. The maximum atomic E-state index is 13.2. The van der Waals surface area contributed by atoms with Crippen LogP contribution in [0.15, 0.2) is 29.1 Å². The fraction of sp³-hybridized carbons (Fsp3) is 0.571. The van der Waals surface area contributed by atoms with E-state index in [0.29, 0.717) is 38.7 Å². The third kappa shape index (κ3) is 4.59. The van der Waals surface area contributed by atoms with Gasteiger partial charge in [-0.2, -0.15) is 0 Å². The van der Waals surface area contributed by atoms with E-state index < -0.39 is 0 Å². The van der Waals surface area contributed by atoms with E-state index >= 15 is 0 Å². The van der Waals surface area contributed by atoms with Gasteiger partial charge in [-0.15, -0.1) is 0 Å². The maximum absolute atomic E-state index is 13.2. The van der Waals surface area contributed by atoms with E-state index in [-0.39, 0.29) is 30.0 Å². The molecule has 2 heterocycles. The lowest BCUT2D eigenvalue weighted by molar-refractivity contribution is -0.122. The standard InChI is InChI=1S/C21H28N4O4/c26-16-7-5-15(6-8-16)22-19(27)9-10-25-18-4-2-1-3-17(18)23-20(21(25)28)24-11-13-29-14-12-24/h1-4,15-16,26H,5-14H2,(H,22,27). The highest BCUT2D eigenvalue weighted by Crippen LogP contribution is 2.19. The number of nitrogens with one attached hydrogen (secondary N) is 1. The number of aliphatic hydroxyl groups excluding tert-OH is 1. The van der Waals surface area contributed by atoms with Crippen LogP contribution in [0.3, 0.4) is 0 Å². The Morgan fingerprint density at radius 2 is 1.90 bits per heavy atom. The van der Waals surface area contributed by atoms with Gasteiger partial charge in [0.2, 0.25) is 5.91 Å². The normalized spacial score (nSPS) is 22.6. The highest BCUT2D eigenvalue weighted by Gasteiger charge is 2.22. The Kier molecular flexibility index (Phi) is 6.10. The van der Waals surface area contributed by atoms with Gasteiger partial charge < -0.3 is 24.6 Å². The van der Waals surface area contributed by atoms with E-state index in [2.05, 4.69) is 10.3 Å². The van der Waals surface area contributed by atoms with Gasteiger partial charge in [0.1, 0.15) is 0 Å². The van der Waals surface area contributed by atoms with Gasteiger partial charge in [-0.25, -0.2) is 4.98 Å². The van der Waals surface area contributed by atoms with Crippen LogP contribution in [0.2, 0.25) is 0 Å². The van der Waals surface area contributed by atoms with Gasteiger partial charge in [0.25, 0.3) is 5.56 Å². The van der Waals surface area contributed by atoms with Crippen LogP contribution in [-0.4, -0.2) is 59.0 Å². The molecule has 2 aliphatic rings. The largest absolute Gasteiger partial charge is 0.393 e. The molecule has 1 aromatic heterocycles. The first-order chi connectivity index (χ1) is 14.1. The second-order valence-electron chi connectivity index (χ2n) is 7.80.